The number of nitrogens with zero attached hydrogens (tertiary/aromatic N) is 4. The summed E-state index contributed by atoms with van der Waals surface area (Å²) in [6, 6.07) is 11.4. The number of aryl methyl sites for hydroxylation is 1. The van der Waals surface area contributed by atoms with Gasteiger partial charge in [0.25, 0.3) is 0 Å². The number of likely N-dealkylation sites (tertiary alicyclic amines) is 1. The van der Waals surface area contributed by atoms with E-state index in [4.69, 9.17) is 14.6 Å². The lowest BCUT2D eigenvalue weighted by Crippen LogP contribution is -2.50. The Morgan fingerprint density at radius 1 is 1.05 bits per heavy atom. The van der Waals surface area contributed by atoms with Gasteiger partial charge in [0.15, 0.2) is 0 Å². The molecule has 9 heteroatoms. The third kappa shape index (κ3) is 6.58. The van der Waals surface area contributed by atoms with Gasteiger partial charge in [-0.3, -0.25) is 4.90 Å². The summed E-state index contributed by atoms with van der Waals surface area (Å²) in [5, 5.41) is 9.07. The number of rotatable bonds is 9. The van der Waals surface area contributed by atoms with Crippen LogP contribution in [0.2, 0.25) is 0 Å². The Morgan fingerprint density at radius 3 is 2.38 bits per heavy atom. The summed E-state index contributed by atoms with van der Waals surface area (Å²) in [7, 11) is 0. The minimum atomic E-state index is -0.965. The van der Waals surface area contributed by atoms with Crippen LogP contribution in [0.25, 0.3) is 0 Å². The Bertz CT molecular complexity index is 1170. The van der Waals surface area contributed by atoms with Gasteiger partial charge in [-0.2, -0.15) is 0 Å². The maximum Gasteiger partial charge on any atom is 0.335 e. The van der Waals surface area contributed by atoms with Crippen LogP contribution in [-0.2, 0) is 11.3 Å². The van der Waals surface area contributed by atoms with Crippen molar-refractivity contribution in [1.29, 1.82) is 0 Å². The van der Waals surface area contributed by atoms with Crippen molar-refractivity contribution < 1.29 is 24.2 Å². The zero-order valence-electron chi connectivity index (χ0n) is 23.9. The van der Waals surface area contributed by atoms with Gasteiger partial charge in [-0.1, -0.05) is 19.9 Å². The molecule has 4 heterocycles. The molecule has 3 fully saturated rings. The number of piperidine rings is 1. The zero-order valence-corrected chi connectivity index (χ0v) is 23.9. The average Bonchev–Trinajstić information content (AvgIpc) is 3.26. The highest BCUT2D eigenvalue weighted by Crippen LogP contribution is 2.32. The highest BCUT2D eigenvalue weighted by molar-refractivity contribution is 5.87. The number of carbonyl (C=O) groups excluding carboxylic acids is 1. The Morgan fingerprint density at radius 2 is 1.75 bits per heavy atom. The first-order chi connectivity index (χ1) is 19.3. The van der Waals surface area contributed by atoms with Gasteiger partial charge in [0.05, 0.1) is 11.6 Å². The van der Waals surface area contributed by atoms with Crippen LogP contribution in [0.5, 0.6) is 11.6 Å². The number of hydrogen-bond acceptors (Lipinski definition) is 6. The maximum absolute atomic E-state index is 13.7. The summed E-state index contributed by atoms with van der Waals surface area (Å²) in [6.45, 7) is 11.6. The van der Waals surface area contributed by atoms with Crippen LogP contribution in [-0.4, -0.2) is 87.8 Å². The molecule has 1 N–H and O–H groups in total. The van der Waals surface area contributed by atoms with Crippen LogP contribution in [0.3, 0.4) is 0 Å². The molecule has 0 aliphatic carbocycles. The number of aromatic carboxylic acids is 1. The van der Waals surface area contributed by atoms with E-state index in [1.165, 1.54) is 12.1 Å². The number of carboxylic acids is 1. The molecule has 0 spiro atoms. The number of hydrogen-bond donors (Lipinski definition) is 1. The molecular formula is C31H42N4O5. The van der Waals surface area contributed by atoms with Crippen molar-refractivity contribution in [2.45, 2.75) is 77.5 Å². The van der Waals surface area contributed by atoms with Crippen LogP contribution >= 0.6 is 0 Å². The summed E-state index contributed by atoms with van der Waals surface area (Å²) in [6.07, 6.45) is 4.92. The van der Waals surface area contributed by atoms with Gasteiger partial charge >= 0.3 is 12.0 Å². The molecule has 5 rings (SSSR count). The van der Waals surface area contributed by atoms with E-state index < -0.39 is 5.97 Å². The predicted molar refractivity (Wildman–Crippen MR) is 152 cm³/mol. The molecule has 2 aromatic rings. The van der Waals surface area contributed by atoms with Crippen LogP contribution in [0, 0.1) is 12.8 Å². The van der Waals surface area contributed by atoms with Gasteiger partial charge in [0.2, 0.25) is 5.88 Å². The summed E-state index contributed by atoms with van der Waals surface area (Å²) in [5.74, 6) is 0.630. The van der Waals surface area contributed by atoms with E-state index in [9.17, 15) is 9.59 Å². The van der Waals surface area contributed by atoms with E-state index in [2.05, 4.69) is 39.6 Å². The molecule has 2 amide bonds. The molecule has 3 saturated heterocycles. The Labute approximate surface area is 237 Å². The van der Waals surface area contributed by atoms with Gasteiger partial charge in [0.1, 0.15) is 5.75 Å². The van der Waals surface area contributed by atoms with E-state index in [1.807, 2.05) is 13.0 Å². The first-order valence-corrected chi connectivity index (χ1v) is 14.6. The Hall–Kier alpha value is -3.17. The normalized spacial score (nSPS) is 21.4. The molecule has 9 nitrogen and oxygen atoms in total. The SMILES string of the molecule is Cc1nc(Oc2ccc(C(=O)O)cc2)ccc1CN1CCC(N2C(=O)N(C3CCOCC3)CC2CC(C)C)CC1. The predicted octanol–water partition coefficient (Wildman–Crippen LogP) is 5.18. The highest BCUT2D eigenvalue weighted by Gasteiger charge is 2.44. The number of pyridine rings is 1. The lowest BCUT2D eigenvalue weighted by Gasteiger charge is -2.39. The molecule has 40 heavy (non-hydrogen) atoms. The van der Waals surface area contributed by atoms with E-state index in [0.717, 1.165) is 82.8 Å². The largest absolute Gasteiger partial charge is 0.478 e. The second-order valence-electron chi connectivity index (χ2n) is 11.8. The summed E-state index contributed by atoms with van der Waals surface area (Å²) in [5.41, 5.74) is 2.30. The fourth-order valence-corrected chi connectivity index (χ4v) is 6.36. The van der Waals surface area contributed by atoms with Crippen molar-refractivity contribution in [2.24, 2.45) is 5.92 Å². The third-order valence-corrected chi connectivity index (χ3v) is 8.48. The maximum atomic E-state index is 13.7. The quantitative estimate of drug-likeness (QED) is 0.460. The zero-order chi connectivity index (χ0) is 28.2. The molecule has 1 unspecified atom stereocenters. The van der Waals surface area contributed by atoms with E-state index in [0.29, 0.717) is 35.7 Å². The number of urea groups is 1. The lowest BCUT2D eigenvalue weighted by molar-refractivity contribution is 0.0493. The monoisotopic (exact) mass is 550 g/mol. The van der Waals surface area contributed by atoms with Crippen molar-refractivity contribution >= 4 is 12.0 Å². The van der Waals surface area contributed by atoms with Gasteiger partial charge in [-0.05, 0) is 74.8 Å². The minimum Gasteiger partial charge on any atom is -0.478 e. The number of amides is 2. The third-order valence-electron chi connectivity index (χ3n) is 8.48. The number of aromatic nitrogens is 1. The highest BCUT2D eigenvalue weighted by atomic mass is 16.5. The van der Waals surface area contributed by atoms with Gasteiger partial charge in [-0.25, -0.2) is 14.6 Å². The molecule has 0 radical (unpaired) electrons. The molecule has 1 aromatic carbocycles. The lowest BCUT2D eigenvalue weighted by atomic mass is 9.97. The van der Waals surface area contributed by atoms with Crippen LogP contribution in [0.15, 0.2) is 36.4 Å². The Balaban J connectivity index is 1.17. The van der Waals surface area contributed by atoms with E-state index in [1.54, 1.807) is 12.1 Å². The molecule has 1 aromatic heterocycles. The first kappa shape index (κ1) is 28.4. The van der Waals surface area contributed by atoms with Gasteiger partial charge < -0.3 is 24.4 Å². The molecule has 1 atom stereocenters. The second kappa shape index (κ2) is 12.6. The summed E-state index contributed by atoms with van der Waals surface area (Å²) in [4.78, 5) is 36.2. The topological polar surface area (TPSA) is 95.4 Å². The standard InChI is InChI=1S/C31H42N4O5/c1-21(2)18-27-20-34(25-12-16-39-17-13-25)31(38)35(27)26-10-14-33(15-11-26)19-24-6-9-29(32-22(24)3)40-28-7-4-23(5-8-28)30(36)37/h4-9,21,25-27H,10-20H2,1-3H3,(H,36,37). The van der Waals surface area contributed by atoms with Crippen molar-refractivity contribution in [3.8, 4) is 11.6 Å². The summed E-state index contributed by atoms with van der Waals surface area (Å²) >= 11 is 0. The van der Waals surface area contributed by atoms with Crippen LogP contribution in [0.1, 0.15) is 67.6 Å². The van der Waals surface area contributed by atoms with Crippen molar-refractivity contribution in [3.05, 3.63) is 53.2 Å². The second-order valence-corrected chi connectivity index (χ2v) is 11.8. The smallest absolute Gasteiger partial charge is 0.335 e. The minimum absolute atomic E-state index is 0.219. The number of carbonyl (C=O) groups is 2. The van der Waals surface area contributed by atoms with Crippen LogP contribution in [0.4, 0.5) is 4.79 Å². The number of ether oxygens (including phenoxy) is 2. The molecule has 3 aliphatic heterocycles. The average molecular weight is 551 g/mol. The fourth-order valence-electron chi connectivity index (χ4n) is 6.36. The van der Waals surface area contributed by atoms with E-state index in [-0.39, 0.29) is 11.6 Å². The van der Waals surface area contributed by atoms with Crippen molar-refractivity contribution in [1.82, 2.24) is 19.7 Å². The van der Waals surface area contributed by atoms with Crippen molar-refractivity contribution in [3.63, 3.8) is 0 Å². The van der Waals surface area contributed by atoms with Gasteiger partial charge in [-0.15, -0.1) is 0 Å². The first-order valence-electron chi connectivity index (χ1n) is 14.6. The molecule has 0 saturated carbocycles. The molecular weight excluding hydrogens is 508 g/mol. The van der Waals surface area contributed by atoms with Gasteiger partial charge in [0, 0.05) is 63.2 Å². The van der Waals surface area contributed by atoms with Crippen molar-refractivity contribution in [2.75, 3.05) is 32.8 Å². The molecule has 3 aliphatic rings. The number of benzene rings is 1. The fraction of sp³-hybridized carbons (Fsp3) is 0.581. The van der Waals surface area contributed by atoms with Crippen LogP contribution < -0.4 is 4.74 Å². The molecule has 216 valence electrons. The summed E-state index contributed by atoms with van der Waals surface area (Å²) < 4.78 is 11.4. The molecule has 0 bridgehead atoms. The number of carboxylic acid groups (broad SMARTS) is 1. The Kier molecular flexibility index (Phi) is 8.90. The van der Waals surface area contributed by atoms with E-state index >= 15 is 0 Å².